The summed E-state index contributed by atoms with van der Waals surface area (Å²) >= 11 is 0. The molecule has 2 aliphatic heterocycles. The molecule has 2 aliphatic rings. The third-order valence-electron chi connectivity index (χ3n) is 15.6. The second-order valence-corrected chi connectivity index (χ2v) is 24.6. The van der Waals surface area contributed by atoms with E-state index < -0.39 is 149 Å². The van der Waals surface area contributed by atoms with Gasteiger partial charge in [0.1, 0.15) is 60.4 Å². The van der Waals surface area contributed by atoms with Gasteiger partial charge in [0.05, 0.1) is 12.1 Å². The van der Waals surface area contributed by atoms with E-state index in [1.54, 1.807) is 41.5 Å². The summed E-state index contributed by atoms with van der Waals surface area (Å²) in [6, 6.07) is -13.3. The summed E-state index contributed by atoms with van der Waals surface area (Å²) in [5.74, 6) is -9.97. The molecule has 2 rings (SSSR count). The molecule has 0 aliphatic carbocycles. The van der Waals surface area contributed by atoms with E-state index in [0.29, 0.717) is 45.1 Å². The number of rotatable bonds is 39. The molecular formula is C58H106N18O13. The standard InChI is InChI=1S/C58H106N18O13/c1-11-33(8)44(56(88)89)73-53(85)45(35(10)77)74-49(81)39(28-30(2)3)70-46(78)34(9)67-50(82)41-21-16-27-76(41)55(87)40(29-31(4)5)71-52(84)43(32(6)7)72-51(83)42-22-17-26-75(42)54(86)38(19-12-13-23-59)69-48(80)37(20-15-25-66-58(63)64)68-47(79)36(60)18-14-24-65-57(61)62/h30-45,77H,11-29,59-60H2,1-10H3,(H,67,82)(H,68,79)(H,69,80)(H,70,78)(H,71,84)(H,72,83)(H,73,85)(H,74,81)(H,88,89)(H4,61,62,65)(H4,63,64,66)/t33-,34-,35+,36-,37-,38-,39-,40-,41-,42-,43-,44-,45-/m0/s1. The Labute approximate surface area is 523 Å². The van der Waals surface area contributed by atoms with Gasteiger partial charge in [-0.05, 0) is 128 Å². The van der Waals surface area contributed by atoms with Crippen LogP contribution in [0.1, 0.15) is 159 Å². The number of amides is 10. The number of guanidine groups is 2. The minimum Gasteiger partial charge on any atom is -0.480 e. The molecule has 2 fully saturated rings. The summed E-state index contributed by atoms with van der Waals surface area (Å²) in [7, 11) is 0. The van der Waals surface area contributed by atoms with Crippen molar-refractivity contribution >= 4 is 77.0 Å². The number of hydrogen-bond donors (Lipinski definition) is 16. The van der Waals surface area contributed by atoms with Gasteiger partial charge in [-0.15, -0.1) is 0 Å². The molecule has 0 radical (unpaired) electrons. The molecule has 0 spiro atoms. The fourth-order valence-corrected chi connectivity index (χ4v) is 10.4. The van der Waals surface area contributed by atoms with Crippen molar-refractivity contribution in [1.29, 1.82) is 0 Å². The average Bonchev–Trinajstić information content (AvgIpc) is 2.78. The van der Waals surface area contributed by atoms with Crippen molar-refractivity contribution in [3.05, 3.63) is 0 Å². The number of likely N-dealkylation sites (tertiary alicyclic amines) is 2. The Bertz CT molecular complexity index is 2440. The summed E-state index contributed by atoms with van der Waals surface area (Å²) in [6.45, 7) is 17.6. The molecule has 0 aromatic rings. The molecule has 506 valence electrons. The lowest BCUT2D eigenvalue weighted by Crippen LogP contribution is -2.61. The zero-order chi connectivity index (χ0) is 67.4. The first-order valence-corrected chi connectivity index (χ1v) is 31.3. The Morgan fingerprint density at radius 1 is 0.517 bits per heavy atom. The number of carboxylic acid groups (broad SMARTS) is 1. The molecule has 31 nitrogen and oxygen atoms in total. The third-order valence-corrected chi connectivity index (χ3v) is 15.6. The van der Waals surface area contributed by atoms with Crippen molar-refractivity contribution in [2.75, 3.05) is 32.7 Å². The molecule has 0 aromatic carbocycles. The Balaban J connectivity index is 2.30. The van der Waals surface area contributed by atoms with Gasteiger partial charge in [-0.1, -0.05) is 61.8 Å². The lowest BCUT2D eigenvalue weighted by atomic mass is 9.98. The van der Waals surface area contributed by atoms with Gasteiger partial charge in [0.2, 0.25) is 59.1 Å². The lowest BCUT2D eigenvalue weighted by Gasteiger charge is -2.33. The van der Waals surface area contributed by atoms with Crippen LogP contribution in [0.5, 0.6) is 0 Å². The van der Waals surface area contributed by atoms with Crippen molar-refractivity contribution in [3.8, 4) is 0 Å². The van der Waals surface area contributed by atoms with Crippen LogP contribution in [0.3, 0.4) is 0 Å². The van der Waals surface area contributed by atoms with Crippen LogP contribution in [0.4, 0.5) is 0 Å². The average molecular weight is 1260 g/mol. The normalized spacial score (nSPS) is 18.5. The summed E-state index contributed by atoms with van der Waals surface area (Å²) in [4.78, 5) is 163. The van der Waals surface area contributed by atoms with Gasteiger partial charge in [0.25, 0.3) is 0 Å². The number of aliphatic hydroxyl groups excluding tert-OH is 1. The molecule has 0 saturated carbocycles. The lowest BCUT2D eigenvalue weighted by molar-refractivity contribution is -0.144. The van der Waals surface area contributed by atoms with Crippen LogP contribution in [0.15, 0.2) is 9.98 Å². The van der Waals surface area contributed by atoms with E-state index in [9.17, 15) is 63.0 Å². The number of aliphatic carboxylic acids is 1. The number of nitrogens with zero attached hydrogens (tertiary/aromatic N) is 4. The number of unbranched alkanes of at least 4 members (excludes halogenated alkanes) is 1. The van der Waals surface area contributed by atoms with Crippen LogP contribution < -0.4 is 76.9 Å². The highest BCUT2D eigenvalue weighted by Gasteiger charge is 2.43. The summed E-state index contributed by atoms with van der Waals surface area (Å²) in [5, 5.41) is 41.5. The highest BCUT2D eigenvalue weighted by molar-refractivity contribution is 5.99. The summed E-state index contributed by atoms with van der Waals surface area (Å²) < 4.78 is 0. The zero-order valence-corrected chi connectivity index (χ0v) is 53.8. The third kappa shape index (κ3) is 26.3. The van der Waals surface area contributed by atoms with Crippen LogP contribution in [-0.4, -0.2) is 202 Å². The largest absolute Gasteiger partial charge is 0.480 e. The quantitative estimate of drug-likeness (QED) is 0.0163. The molecule has 31 heteroatoms. The maximum absolute atomic E-state index is 14.6. The number of aliphatic imine (C=N–C) groups is 2. The summed E-state index contributed by atoms with van der Waals surface area (Å²) in [6.07, 6.45) is 2.37. The maximum atomic E-state index is 14.6. The fourth-order valence-electron chi connectivity index (χ4n) is 10.4. The Morgan fingerprint density at radius 3 is 1.46 bits per heavy atom. The molecule has 0 unspecified atom stereocenters. The van der Waals surface area contributed by atoms with Crippen LogP contribution in [-0.2, 0) is 52.7 Å². The van der Waals surface area contributed by atoms with Gasteiger partial charge in [-0.3, -0.25) is 57.9 Å². The minimum absolute atomic E-state index is 0.0631. The number of carbonyl (C=O) groups excluding carboxylic acids is 10. The van der Waals surface area contributed by atoms with Gasteiger partial charge >= 0.3 is 5.97 Å². The number of nitrogens with one attached hydrogen (secondary N) is 8. The fraction of sp³-hybridized carbons (Fsp3) is 0.776. The van der Waals surface area contributed by atoms with E-state index in [1.165, 1.54) is 23.6 Å². The molecular weight excluding hydrogens is 1160 g/mol. The van der Waals surface area contributed by atoms with Gasteiger partial charge in [0, 0.05) is 26.2 Å². The van der Waals surface area contributed by atoms with Crippen molar-refractivity contribution in [2.24, 2.45) is 68.1 Å². The van der Waals surface area contributed by atoms with Crippen LogP contribution in [0.25, 0.3) is 0 Å². The van der Waals surface area contributed by atoms with Gasteiger partial charge in [-0.2, -0.15) is 0 Å². The number of nitrogens with two attached hydrogens (primary N) is 6. The molecule has 89 heavy (non-hydrogen) atoms. The molecule has 22 N–H and O–H groups in total. The van der Waals surface area contributed by atoms with E-state index >= 15 is 0 Å². The first-order valence-electron chi connectivity index (χ1n) is 31.3. The van der Waals surface area contributed by atoms with Gasteiger partial charge in [-0.25, -0.2) is 4.79 Å². The van der Waals surface area contributed by atoms with Crippen molar-refractivity contribution in [1.82, 2.24) is 52.3 Å². The van der Waals surface area contributed by atoms with E-state index in [2.05, 4.69) is 52.5 Å². The highest BCUT2D eigenvalue weighted by Crippen LogP contribution is 2.24. The second kappa shape index (κ2) is 38.9. The Kier molecular flexibility index (Phi) is 33.9. The SMILES string of the molecule is CC[C@H](C)[C@H](NC(=O)[C@@H](NC(=O)[C@H](CC(C)C)NC(=O)[C@H](C)NC(=O)[C@@H]1CCCN1C(=O)[C@H](CC(C)C)NC(=O)[C@@H](NC(=O)[C@@H]1CCCN1C(=O)[C@H](CCCCN)NC(=O)[C@H](CCCN=C(N)N)NC(=O)[C@@H](N)CCCN=C(N)N)C(C)C)[C@@H](C)O)C(=O)O. The number of carboxylic acids is 1. The minimum atomic E-state index is -1.58. The number of carbonyl (C=O) groups is 11. The van der Waals surface area contributed by atoms with Gasteiger partial charge < -0.3 is 96.9 Å². The topological polar surface area (TPSA) is 512 Å². The Hall–Kier alpha value is -7.41. The summed E-state index contributed by atoms with van der Waals surface area (Å²) in [5.41, 5.74) is 33.8. The zero-order valence-electron chi connectivity index (χ0n) is 53.8. The van der Waals surface area contributed by atoms with Crippen molar-refractivity contribution in [3.63, 3.8) is 0 Å². The first kappa shape index (κ1) is 77.7. The van der Waals surface area contributed by atoms with E-state index in [4.69, 9.17) is 34.4 Å². The molecule has 13 atom stereocenters. The Morgan fingerprint density at radius 2 is 0.966 bits per heavy atom. The number of hydrogen-bond acceptors (Lipinski definition) is 16. The predicted octanol–water partition coefficient (Wildman–Crippen LogP) is -3.31. The maximum Gasteiger partial charge on any atom is 0.326 e. The van der Waals surface area contributed by atoms with Crippen molar-refractivity contribution in [2.45, 2.75) is 232 Å². The predicted molar refractivity (Wildman–Crippen MR) is 334 cm³/mol. The van der Waals surface area contributed by atoms with Gasteiger partial charge in [0.15, 0.2) is 11.9 Å². The van der Waals surface area contributed by atoms with E-state index in [-0.39, 0.29) is 101 Å². The smallest absolute Gasteiger partial charge is 0.326 e. The first-order chi connectivity index (χ1) is 41.8. The molecule has 0 aromatic heterocycles. The van der Waals surface area contributed by atoms with Crippen molar-refractivity contribution < 1.29 is 63.0 Å². The number of aliphatic hydroxyl groups is 1. The molecule has 2 heterocycles. The van der Waals surface area contributed by atoms with E-state index in [1.807, 2.05) is 13.8 Å². The molecule has 0 bridgehead atoms. The highest BCUT2D eigenvalue weighted by atomic mass is 16.4. The van der Waals surface area contributed by atoms with Crippen LogP contribution >= 0.6 is 0 Å². The monoisotopic (exact) mass is 1260 g/mol. The molecule has 2 saturated heterocycles. The van der Waals surface area contributed by atoms with E-state index in [0.717, 1.165) is 0 Å². The van der Waals surface area contributed by atoms with Crippen LogP contribution in [0, 0.1) is 23.7 Å². The second-order valence-electron chi connectivity index (χ2n) is 24.6. The van der Waals surface area contributed by atoms with Crippen LogP contribution in [0.2, 0.25) is 0 Å². The molecule has 10 amide bonds.